The number of nitrogens with one attached hydrogen (secondary N) is 3. The summed E-state index contributed by atoms with van der Waals surface area (Å²) in [5.74, 6) is -0.400. The van der Waals surface area contributed by atoms with E-state index in [1.165, 1.54) is 27.8 Å². The fourth-order valence-electron chi connectivity index (χ4n) is 10.8. The van der Waals surface area contributed by atoms with Gasteiger partial charge in [0.05, 0.1) is 0 Å². The van der Waals surface area contributed by atoms with E-state index < -0.39 is 12.1 Å². The summed E-state index contributed by atoms with van der Waals surface area (Å²) in [7, 11) is 0. The summed E-state index contributed by atoms with van der Waals surface area (Å²) in [6.07, 6.45) is 6.69. The van der Waals surface area contributed by atoms with E-state index in [1.54, 1.807) is 9.80 Å². The third-order valence-corrected chi connectivity index (χ3v) is 14.0. The molecule has 3 N–H and O–H groups in total. The molecule has 2 atom stereocenters. The maximum Gasteiger partial charge on any atom is 0.255 e. The number of piperidine rings is 4. The number of hydrogen-bond donors (Lipinski definition) is 3. The molecule has 0 saturated carbocycles. The lowest BCUT2D eigenvalue weighted by Gasteiger charge is -2.32. The van der Waals surface area contributed by atoms with Crippen molar-refractivity contribution in [3.8, 4) is 0 Å². The molecule has 68 heavy (non-hydrogen) atoms. The van der Waals surface area contributed by atoms with E-state index in [2.05, 4.69) is 77.2 Å². The highest BCUT2D eigenvalue weighted by Crippen LogP contribution is 2.35. The molecule has 10 rings (SSSR count). The Morgan fingerprint density at radius 2 is 1.00 bits per heavy atom. The molecule has 0 bridgehead atoms. The van der Waals surface area contributed by atoms with Crippen LogP contribution in [0.4, 0.5) is 0 Å². The number of rotatable bonds is 7. The molecule has 0 aliphatic carbocycles. The molecule has 6 heterocycles. The quantitative estimate of drug-likeness (QED) is 0.132. The monoisotopic (exact) mass is 942 g/mol. The lowest BCUT2D eigenvalue weighted by atomic mass is 9.87. The number of aryl methyl sites for hydroxylation is 4. The van der Waals surface area contributed by atoms with Crippen LogP contribution in [0.3, 0.4) is 0 Å². The minimum atomic E-state index is -0.556. The second-order valence-electron chi connectivity index (χ2n) is 19.2. The molecular formula is C54H63ClN6O7. The highest BCUT2D eigenvalue weighted by molar-refractivity contribution is 6.06. The minimum absolute atomic E-state index is 0. The molecule has 4 aromatic rings. The average molecular weight is 944 g/mol. The van der Waals surface area contributed by atoms with Crippen molar-refractivity contribution < 1.29 is 33.6 Å². The van der Waals surface area contributed by atoms with Crippen LogP contribution >= 0.6 is 12.4 Å². The van der Waals surface area contributed by atoms with E-state index in [1.807, 2.05) is 44.2 Å². The van der Waals surface area contributed by atoms with Crippen molar-refractivity contribution in [3.05, 3.63) is 140 Å². The van der Waals surface area contributed by atoms with Crippen LogP contribution in [0, 0.1) is 27.7 Å². The maximum atomic E-state index is 12.9. The molecule has 4 aromatic carbocycles. The van der Waals surface area contributed by atoms with Gasteiger partial charge in [0.1, 0.15) is 18.4 Å². The van der Waals surface area contributed by atoms with Crippen LogP contribution in [-0.2, 0) is 38.8 Å². The summed E-state index contributed by atoms with van der Waals surface area (Å²) in [5, 5.41) is 8.07. The van der Waals surface area contributed by atoms with Gasteiger partial charge in [-0.25, -0.2) is 0 Å². The van der Waals surface area contributed by atoms with Crippen molar-refractivity contribution in [2.45, 2.75) is 123 Å². The van der Waals surface area contributed by atoms with E-state index in [9.17, 15) is 33.6 Å². The number of likely N-dealkylation sites (tertiary alicyclic amines) is 1. The van der Waals surface area contributed by atoms with Gasteiger partial charge in [0.25, 0.3) is 11.8 Å². The van der Waals surface area contributed by atoms with Gasteiger partial charge in [0, 0.05) is 49.2 Å². The van der Waals surface area contributed by atoms with Crippen LogP contribution in [0.2, 0.25) is 0 Å². The Morgan fingerprint density at radius 1 is 0.559 bits per heavy atom. The second kappa shape index (κ2) is 21.9. The van der Waals surface area contributed by atoms with Crippen LogP contribution in [0.15, 0.2) is 72.8 Å². The van der Waals surface area contributed by atoms with Gasteiger partial charge in [0.2, 0.25) is 23.6 Å². The summed E-state index contributed by atoms with van der Waals surface area (Å²) >= 11 is 0. The molecule has 2 unspecified atom stereocenters. The van der Waals surface area contributed by atoms with Crippen molar-refractivity contribution in [1.82, 2.24) is 30.7 Å². The summed E-state index contributed by atoms with van der Waals surface area (Å²) < 4.78 is 0. The van der Waals surface area contributed by atoms with Crippen LogP contribution in [-0.4, -0.2) is 94.7 Å². The van der Waals surface area contributed by atoms with E-state index in [0.717, 1.165) is 92.5 Å². The normalized spacial score (nSPS) is 20.8. The topological polar surface area (TPSA) is 165 Å². The lowest BCUT2D eigenvalue weighted by molar-refractivity contribution is -0.138. The van der Waals surface area contributed by atoms with Gasteiger partial charge in [0.15, 0.2) is 0 Å². The maximum absolute atomic E-state index is 12.9. The average Bonchev–Trinajstić information content (AvgIpc) is 3.81. The molecule has 0 radical (unpaired) electrons. The highest BCUT2D eigenvalue weighted by atomic mass is 35.5. The minimum Gasteiger partial charge on any atom is -0.322 e. The Bertz CT molecular complexity index is 2560. The number of benzene rings is 4. The number of amides is 6. The number of carbonyl (C=O) groups is 7. The predicted octanol–water partition coefficient (Wildman–Crippen LogP) is 6.90. The third-order valence-electron chi connectivity index (χ3n) is 14.0. The van der Waals surface area contributed by atoms with E-state index in [0.29, 0.717) is 48.9 Å². The van der Waals surface area contributed by atoms with Gasteiger partial charge in [-0.15, -0.1) is 12.4 Å². The summed E-state index contributed by atoms with van der Waals surface area (Å²) in [6, 6.07) is 23.8. The van der Waals surface area contributed by atoms with Crippen molar-refractivity contribution in [1.29, 1.82) is 0 Å². The van der Waals surface area contributed by atoms with Crippen molar-refractivity contribution in [3.63, 3.8) is 0 Å². The van der Waals surface area contributed by atoms with Crippen molar-refractivity contribution in [2.24, 2.45) is 0 Å². The fourth-order valence-corrected chi connectivity index (χ4v) is 10.8. The zero-order chi connectivity index (χ0) is 47.4. The second-order valence-corrected chi connectivity index (χ2v) is 19.2. The van der Waals surface area contributed by atoms with Gasteiger partial charge in [-0.05, 0) is 156 Å². The lowest BCUT2D eigenvalue weighted by Crippen LogP contribution is -2.52. The molecule has 4 fully saturated rings. The molecule has 6 aliphatic heterocycles. The largest absolute Gasteiger partial charge is 0.322 e. The molecule has 0 aromatic heterocycles. The Balaban J connectivity index is 0.000000170. The smallest absolute Gasteiger partial charge is 0.255 e. The first-order valence-electron chi connectivity index (χ1n) is 23.8. The van der Waals surface area contributed by atoms with Crippen LogP contribution in [0.5, 0.6) is 0 Å². The van der Waals surface area contributed by atoms with Gasteiger partial charge >= 0.3 is 0 Å². The first-order valence-corrected chi connectivity index (χ1v) is 23.8. The number of hydrogen-bond acceptors (Lipinski definition) is 9. The standard InChI is InChI=1S/C27H31N3O3.C18H21N3O3.C9H10O.ClH/c1-17-11-18(2)13-19(12-17)15-29-9-7-20(8-10-29)21-3-4-23-22(14-21)16-30(27(23)33)24-5-6-25(31)28-26(24)32;22-16-4-3-15(17(23)20-16)21-10-13-9-12(1-2-14(13)18(21)24)11-5-7-19-8-6-11;1-7-3-8(2)5-9(4-7)6-10;/h3-4,11-14,20,24H,5-10,15-16H2,1-2H3,(H,28,31,32);1-2,9,11,15,19H,3-8,10H2,(H,20,22,23);3-6H,1-2H3;1H. The Morgan fingerprint density at radius 3 is 1.44 bits per heavy atom. The molecule has 14 heteroatoms. The predicted molar refractivity (Wildman–Crippen MR) is 262 cm³/mol. The number of carbonyl (C=O) groups excluding carboxylic acids is 7. The molecule has 0 spiro atoms. The summed E-state index contributed by atoms with van der Waals surface area (Å²) in [5.41, 5.74) is 13.0. The number of halogens is 1. The number of fused-ring (bicyclic) bond motifs is 2. The van der Waals surface area contributed by atoms with Gasteiger partial charge in [-0.3, -0.25) is 49.1 Å². The Hall–Kier alpha value is -6.02. The molecule has 6 aliphatic rings. The molecule has 4 saturated heterocycles. The number of imide groups is 2. The Labute approximate surface area is 405 Å². The van der Waals surface area contributed by atoms with E-state index >= 15 is 0 Å². The zero-order valence-corrected chi connectivity index (χ0v) is 40.3. The fraction of sp³-hybridized carbons (Fsp3) is 0.426. The molecule has 6 amide bonds. The number of nitrogens with zero attached hydrogens (tertiary/aromatic N) is 3. The molecule has 358 valence electrons. The van der Waals surface area contributed by atoms with Gasteiger partial charge in [-0.2, -0.15) is 0 Å². The molecule has 13 nitrogen and oxygen atoms in total. The van der Waals surface area contributed by atoms with E-state index in [4.69, 9.17) is 0 Å². The van der Waals surface area contributed by atoms with Crippen LogP contribution in [0.1, 0.15) is 144 Å². The third kappa shape index (κ3) is 11.6. The van der Waals surface area contributed by atoms with Crippen molar-refractivity contribution >= 4 is 54.1 Å². The number of aldehydes is 1. The first-order chi connectivity index (χ1) is 32.2. The Kier molecular flexibility index (Phi) is 16.1. The molecular weight excluding hydrogens is 880 g/mol. The van der Waals surface area contributed by atoms with Crippen molar-refractivity contribution in [2.75, 3.05) is 26.2 Å². The summed E-state index contributed by atoms with van der Waals surface area (Å²) in [4.78, 5) is 88.8. The zero-order valence-electron chi connectivity index (χ0n) is 39.5. The van der Waals surface area contributed by atoms with E-state index in [-0.39, 0.29) is 60.7 Å². The van der Waals surface area contributed by atoms with Crippen LogP contribution in [0.25, 0.3) is 0 Å². The van der Waals surface area contributed by atoms with Gasteiger partial charge in [-0.1, -0.05) is 70.8 Å². The SMILES string of the molecule is Cc1cc(C)cc(C=O)c1.Cc1cc(C)cc(CN2CCC(c3ccc4c(c3)CN(C3CCC(=O)NC3=O)C4=O)CC2)c1.Cl.O=C1CCC(N2Cc3cc(C4CCNCC4)ccc3C2=O)C(=O)N1. The first kappa shape index (κ1) is 49.9. The van der Waals surface area contributed by atoms with Gasteiger partial charge < -0.3 is 15.1 Å². The highest BCUT2D eigenvalue weighted by Gasteiger charge is 2.41. The summed E-state index contributed by atoms with van der Waals surface area (Å²) in [6.45, 7) is 14.4. The van der Waals surface area contributed by atoms with Crippen LogP contribution < -0.4 is 16.0 Å².